The van der Waals surface area contributed by atoms with E-state index in [-0.39, 0.29) is 6.03 Å². The van der Waals surface area contributed by atoms with Crippen molar-refractivity contribution in [2.75, 3.05) is 31.9 Å². The molecule has 3 N–H and O–H groups in total. The number of hydrogen-bond acceptors (Lipinski definition) is 3. The van der Waals surface area contributed by atoms with Gasteiger partial charge in [0.25, 0.3) is 0 Å². The highest BCUT2D eigenvalue weighted by Gasteiger charge is 2.18. The predicted molar refractivity (Wildman–Crippen MR) is 55.9 cm³/mol. The summed E-state index contributed by atoms with van der Waals surface area (Å²) in [6.45, 7) is 5.28. The molecule has 4 nitrogen and oxygen atoms in total. The summed E-state index contributed by atoms with van der Waals surface area (Å²) >= 11 is 1.82. The first-order chi connectivity index (χ1) is 6.24. The van der Waals surface area contributed by atoms with E-state index in [4.69, 9.17) is 5.73 Å². The van der Waals surface area contributed by atoms with Gasteiger partial charge in [-0.05, 0) is 0 Å². The van der Waals surface area contributed by atoms with Gasteiger partial charge >= 0.3 is 6.03 Å². The quantitative estimate of drug-likeness (QED) is 0.666. The fourth-order valence-electron chi connectivity index (χ4n) is 1.16. The van der Waals surface area contributed by atoms with Gasteiger partial charge in [-0.3, -0.25) is 0 Å². The van der Waals surface area contributed by atoms with Crippen molar-refractivity contribution in [1.29, 1.82) is 0 Å². The molecule has 13 heavy (non-hydrogen) atoms. The number of thioether (sulfide) groups is 1. The average molecular weight is 203 g/mol. The summed E-state index contributed by atoms with van der Waals surface area (Å²) in [6.07, 6.45) is 0. The Morgan fingerprint density at radius 2 is 2.54 bits per heavy atom. The topological polar surface area (TPSA) is 58.4 Å². The second-order valence-electron chi connectivity index (χ2n) is 3.14. The highest BCUT2D eigenvalue weighted by molar-refractivity contribution is 7.99. The van der Waals surface area contributed by atoms with Crippen LogP contribution < -0.4 is 11.1 Å². The zero-order valence-corrected chi connectivity index (χ0v) is 8.77. The Labute approximate surface area is 83.2 Å². The van der Waals surface area contributed by atoms with Crippen LogP contribution in [0.4, 0.5) is 4.79 Å². The number of carbonyl (C=O) groups is 1. The maximum absolute atomic E-state index is 11.1. The van der Waals surface area contributed by atoms with Gasteiger partial charge < -0.3 is 16.0 Å². The Balaban J connectivity index is 2.08. The molecule has 5 heteroatoms. The van der Waals surface area contributed by atoms with E-state index in [1.54, 1.807) is 0 Å². The van der Waals surface area contributed by atoms with Crippen LogP contribution in [0.3, 0.4) is 0 Å². The summed E-state index contributed by atoms with van der Waals surface area (Å²) in [5.41, 5.74) is 5.48. The Morgan fingerprint density at radius 3 is 3.08 bits per heavy atom. The zero-order chi connectivity index (χ0) is 9.68. The van der Waals surface area contributed by atoms with Gasteiger partial charge in [0, 0.05) is 37.2 Å². The van der Waals surface area contributed by atoms with Crippen LogP contribution >= 0.6 is 11.8 Å². The Hall–Kier alpha value is -0.420. The highest BCUT2D eigenvalue weighted by atomic mass is 32.2. The van der Waals surface area contributed by atoms with Gasteiger partial charge in [-0.25, -0.2) is 4.79 Å². The van der Waals surface area contributed by atoms with Gasteiger partial charge in [-0.2, -0.15) is 11.8 Å². The van der Waals surface area contributed by atoms with Crippen molar-refractivity contribution in [1.82, 2.24) is 10.2 Å². The van der Waals surface area contributed by atoms with Crippen molar-refractivity contribution < 1.29 is 4.79 Å². The molecule has 1 aliphatic heterocycles. The minimum atomic E-state index is 0.0704. The van der Waals surface area contributed by atoms with Crippen LogP contribution in [0.15, 0.2) is 0 Å². The normalized spacial score (nSPS) is 18.9. The van der Waals surface area contributed by atoms with Crippen molar-refractivity contribution in [2.45, 2.75) is 12.2 Å². The van der Waals surface area contributed by atoms with E-state index in [0.717, 1.165) is 25.4 Å². The van der Waals surface area contributed by atoms with Gasteiger partial charge in [-0.15, -0.1) is 0 Å². The number of carbonyl (C=O) groups excluding carboxylic acids is 1. The Bertz CT molecular complexity index is 177. The lowest BCUT2D eigenvalue weighted by Gasteiger charge is -2.14. The summed E-state index contributed by atoms with van der Waals surface area (Å²) < 4.78 is 0. The summed E-state index contributed by atoms with van der Waals surface area (Å²) in [5.74, 6) is 0.978. The summed E-state index contributed by atoms with van der Waals surface area (Å²) in [6, 6.07) is 0.0704. The number of nitrogens with one attached hydrogen (secondary N) is 1. The van der Waals surface area contributed by atoms with E-state index >= 15 is 0 Å². The molecule has 1 fully saturated rings. The number of amides is 2. The molecule has 0 radical (unpaired) electrons. The molecule has 0 spiro atoms. The summed E-state index contributed by atoms with van der Waals surface area (Å²) in [5, 5.41) is 3.27. The molecule has 1 unspecified atom stereocenters. The Kier molecular flexibility index (Phi) is 4.38. The first kappa shape index (κ1) is 10.7. The van der Waals surface area contributed by atoms with Crippen LogP contribution in [0.5, 0.6) is 0 Å². The maximum atomic E-state index is 11.1. The second kappa shape index (κ2) is 5.34. The molecule has 2 amide bonds. The van der Waals surface area contributed by atoms with E-state index in [1.807, 2.05) is 16.7 Å². The van der Waals surface area contributed by atoms with Crippen LogP contribution in [-0.2, 0) is 0 Å². The largest absolute Gasteiger partial charge is 0.336 e. The Morgan fingerprint density at radius 1 is 1.77 bits per heavy atom. The molecule has 1 atom stereocenters. The van der Waals surface area contributed by atoms with E-state index in [2.05, 4.69) is 12.2 Å². The van der Waals surface area contributed by atoms with Gasteiger partial charge in [0.05, 0.1) is 0 Å². The second-order valence-corrected chi connectivity index (χ2v) is 4.68. The van der Waals surface area contributed by atoms with Crippen molar-refractivity contribution in [3.8, 4) is 0 Å². The van der Waals surface area contributed by atoms with Crippen molar-refractivity contribution >= 4 is 17.8 Å². The van der Waals surface area contributed by atoms with Crippen molar-refractivity contribution in [2.24, 2.45) is 5.73 Å². The first-order valence-electron chi connectivity index (χ1n) is 4.58. The zero-order valence-electron chi connectivity index (χ0n) is 7.95. The summed E-state index contributed by atoms with van der Waals surface area (Å²) in [7, 11) is 0. The molecule has 1 rings (SSSR count). The van der Waals surface area contributed by atoms with E-state index in [0.29, 0.717) is 11.8 Å². The molecule has 0 aliphatic carbocycles. The third kappa shape index (κ3) is 3.44. The van der Waals surface area contributed by atoms with Gasteiger partial charge in [0.15, 0.2) is 0 Å². The molecule has 0 aromatic rings. The minimum absolute atomic E-state index is 0.0704. The number of rotatable bonds is 5. The SMILES string of the molecule is CC(CN)SCCN1CCNC1=O. The predicted octanol–water partition coefficient (Wildman–Crippen LogP) is 0.0920. The highest BCUT2D eigenvalue weighted by Crippen LogP contribution is 2.09. The third-order valence-corrected chi connectivity index (χ3v) is 3.22. The molecule has 0 aromatic carbocycles. The first-order valence-corrected chi connectivity index (χ1v) is 5.63. The fourth-order valence-corrected chi connectivity index (χ4v) is 2.02. The average Bonchev–Trinajstić information content (AvgIpc) is 2.52. The van der Waals surface area contributed by atoms with Crippen LogP contribution in [0.1, 0.15) is 6.92 Å². The monoisotopic (exact) mass is 203 g/mol. The number of urea groups is 1. The number of nitrogens with zero attached hydrogens (tertiary/aromatic N) is 1. The van der Waals surface area contributed by atoms with E-state index in [1.165, 1.54) is 0 Å². The molecule has 0 saturated carbocycles. The third-order valence-electron chi connectivity index (χ3n) is 2.04. The van der Waals surface area contributed by atoms with E-state index < -0.39 is 0 Å². The molecule has 76 valence electrons. The maximum Gasteiger partial charge on any atom is 0.317 e. The lowest BCUT2D eigenvalue weighted by molar-refractivity contribution is 0.220. The minimum Gasteiger partial charge on any atom is -0.336 e. The smallest absolute Gasteiger partial charge is 0.317 e. The lowest BCUT2D eigenvalue weighted by atomic mass is 10.5. The summed E-state index contributed by atoms with van der Waals surface area (Å²) in [4.78, 5) is 12.9. The van der Waals surface area contributed by atoms with Gasteiger partial charge in [0.1, 0.15) is 0 Å². The molecular weight excluding hydrogens is 186 g/mol. The van der Waals surface area contributed by atoms with E-state index in [9.17, 15) is 4.79 Å². The molecular formula is C8H17N3OS. The fraction of sp³-hybridized carbons (Fsp3) is 0.875. The lowest BCUT2D eigenvalue weighted by Crippen LogP contribution is -2.30. The van der Waals surface area contributed by atoms with Crippen LogP contribution in [0.2, 0.25) is 0 Å². The number of nitrogens with two attached hydrogens (primary N) is 1. The van der Waals surface area contributed by atoms with Gasteiger partial charge in [-0.1, -0.05) is 6.92 Å². The van der Waals surface area contributed by atoms with Crippen molar-refractivity contribution in [3.05, 3.63) is 0 Å². The number of hydrogen-bond donors (Lipinski definition) is 2. The van der Waals surface area contributed by atoms with Crippen LogP contribution in [0.25, 0.3) is 0 Å². The van der Waals surface area contributed by atoms with Crippen LogP contribution in [0, 0.1) is 0 Å². The standard InChI is InChI=1S/C8H17N3OS/c1-7(6-9)13-5-4-11-3-2-10-8(11)12/h7H,2-6,9H2,1H3,(H,10,12). The van der Waals surface area contributed by atoms with Crippen molar-refractivity contribution in [3.63, 3.8) is 0 Å². The molecule has 1 aliphatic rings. The molecule has 1 saturated heterocycles. The van der Waals surface area contributed by atoms with Gasteiger partial charge in [0.2, 0.25) is 0 Å². The molecule has 0 aromatic heterocycles. The molecule has 1 heterocycles. The van der Waals surface area contributed by atoms with Crippen LogP contribution in [-0.4, -0.2) is 48.1 Å². The molecule has 0 bridgehead atoms.